The summed E-state index contributed by atoms with van der Waals surface area (Å²) in [6, 6.07) is 11.6. The smallest absolute Gasteiger partial charge is 0.251 e. The van der Waals surface area contributed by atoms with E-state index in [1.165, 1.54) is 0 Å². The third-order valence-corrected chi connectivity index (χ3v) is 6.87. The Labute approximate surface area is 205 Å². The lowest BCUT2D eigenvalue weighted by Crippen LogP contribution is -2.62. The Kier molecular flexibility index (Phi) is 6.53. The highest BCUT2D eigenvalue weighted by atomic mass is 35.5. The molecule has 1 aliphatic heterocycles. The second-order valence-electron chi connectivity index (χ2n) is 10.3. The lowest BCUT2D eigenvalue weighted by atomic mass is 9.79. The Hall–Kier alpha value is -2.05. The number of hydrogen-bond donors (Lipinski definition) is 3. The van der Waals surface area contributed by atoms with Crippen molar-refractivity contribution in [2.75, 3.05) is 7.11 Å². The van der Waals surface area contributed by atoms with Crippen molar-refractivity contribution in [1.82, 2.24) is 15.6 Å². The van der Waals surface area contributed by atoms with Crippen LogP contribution in [0.25, 0.3) is 22.2 Å². The zero-order chi connectivity index (χ0) is 24.0. The fourth-order valence-corrected chi connectivity index (χ4v) is 5.57. The molecule has 0 aliphatic carbocycles. The molecule has 1 aromatic heterocycles. The quantitative estimate of drug-likeness (QED) is 0.393. The Morgan fingerprint density at radius 2 is 1.73 bits per heavy atom. The van der Waals surface area contributed by atoms with E-state index in [-0.39, 0.29) is 23.0 Å². The van der Waals surface area contributed by atoms with Crippen molar-refractivity contribution in [2.45, 2.75) is 64.3 Å². The first-order chi connectivity index (χ1) is 15.5. The minimum atomic E-state index is -0.0624. The standard InChI is InChI=1S/C26H31Cl2N3O2/c1-25(2)12-18(13-26(3,4)31-25)29-24(32)15-6-7-19(17(8-15)14-33-5)23-10-16-9-20(27)21(28)11-22(16)30-23/h6-11,18,30-31H,12-14H2,1-5H3,(H,29,32). The molecule has 0 saturated carbocycles. The zero-order valence-electron chi connectivity index (χ0n) is 19.7. The van der Waals surface area contributed by atoms with E-state index in [1.807, 2.05) is 36.4 Å². The van der Waals surface area contributed by atoms with Gasteiger partial charge in [0.05, 0.1) is 16.7 Å². The molecule has 0 unspecified atom stereocenters. The van der Waals surface area contributed by atoms with E-state index in [1.54, 1.807) is 7.11 Å². The number of amides is 1. The molecular weight excluding hydrogens is 457 g/mol. The van der Waals surface area contributed by atoms with Gasteiger partial charge in [-0.05, 0) is 76.4 Å². The van der Waals surface area contributed by atoms with Gasteiger partial charge >= 0.3 is 0 Å². The van der Waals surface area contributed by atoms with E-state index in [9.17, 15) is 4.79 Å². The molecule has 1 fully saturated rings. The van der Waals surface area contributed by atoms with Gasteiger partial charge in [0.1, 0.15) is 0 Å². The number of halogens is 2. The molecule has 3 N–H and O–H groups in total. The Morgan fingerprint density at radius 1 is 1.06 bits per heavy atom. The maximum absolute atomic E-state index is 13.1. The average Bonchev–Trinajstić information content (AvgIpc) is 3.08. The van der Waals surface area contributed by atoms with Crippen molar-refractivity contribution in [3.63, 3.8) is 0 Å². The molecule has 1 aliphatic rings. The van der Waals surface area contributed by atoms with Crippen LogP contribution in [0.4, 0.5) is 0 Å². The van der Waals surface area contributed by atoms with Gasteiger partial charge in [-0.2, -0.15) is 0 Å². The lowest BCUT2D eigenvalue weighted by Gasteiger charge is -2.46. The van der Waals surface area contributed by atoms with Crippen molar-refractivity contribution in [3.8, 4) is 11.3 Å². The van der Waals surface area contributed by atoms with Crippen LogP contribution < -0.4 is 10.6 Å². The normalized spacial score (nSPS) is 17.9. The Bertz CT molecular complexity index is 1140. The number of ether oxygens (including phenoxy) is 1. The van der Waals surface area contributed by atoms with E-state index < -0.39 is 0 Å². The molecule has 33 heavy (non-hydrogen) atoms. The van der Waals surface area contributed by atoms with Gasteiger partial charge in [-0.3, -0.25) is 4.79 Å². The summed E-state index contributed by atoms with van der Waals surface area (Å²) in [6.07, 6.45) is 1.76. The Balaban J connectivity index is 1.61. The molecule has 5 nitrogen and oxygen atoms in total. The molecule has 1 amide bonds. The van der Waals surface area contributed by atoms with Gasteiger partial charge in [-0.25, -0.2) is 0 Å². The number of fused-ring (bicyclic) bond motifs is 1. The number of rotatable bonds is 5. The summed E-state index contributed by atoms with van der Waals surface area (Å²) in [6.45, 7) is 9.11. The molecule has 2 heterocycles. The summed E-state index contributed by atoms with van der Waals surface area (Å²) in [5, 5.41) is 8.90. The maximum atomic E-state index is 13.1. The number of piperidine rings is 1. The maximum Gasteiger partial charge on any atom is 0.251 e. The SMILES string of the molecule is COCc1cc(C(=O)NC2CC(C)(C)NC(C)(C)C2)ccc1-c1cc2cc(Cl)c(Cl)cc2[nH]1. The van der Waals surface area contributed by atoms with Crippen LogP contribution in [0.5, 0.6) is 0 Å². The summed E-state index contributed by atoms with van der Waals surface area (Å²) < 4.78 is 5.45. The molecule has 2 aromatic carbocycles. The third-order valence-electron chi connectivity index (χ3n) is 6.14. The number of nitrogens with one attached hydrogen (secondary N) is 3. The number of benzene rings is 2. The monoisotopic (exact) mass is 487 g/mol. The molecule has 7 heteroatoms. The van der Waals surface area contributed by atoms with E-state index >= 15 is 0 Å². The van der Waals surface area contributed by atoms with Crippen molar-refractivity contribution < 1.29 is 9.53 Å². The van der Waals surface area contributed by atoms with Crippen LogP contribution in [-0.2, 0) is 11.3 Å². The summed E-state index contributed by atoms with van der Waals surface area (Å²) in [5.41, 5.74) is 4.28. The fraction of sp³-hybridized carbons (Fsp3) is 0.423. The molecule has 4 rings (SSSR count). The summed E-state index contributed by atoms with van der Waals surface area (Å²) in [4.78, 5) is 16.6. The number of carbonyl (C=O) groups is 1. The van der Waals surface area contributed by atoms with Crippen LogP contribution in [-0.4, -0.2) is 35.1 Å². The highest BCUT2D eigenvalue weighted by Gasteiger charge is 2.38. The number of carbonyl (C=O) groups excluding carboxylic acids is 1. The number of hydrogen-bond acceptors (Lipinski definition) is 3. The van der Waals surface area contributed by atoms with E-state index in [2.05, 4.69) is 43.3 Å². The predicted octanol–water partition coefficient (Wildman–Crippen LogP) is 6.33. The van der Waals surface area contributed by atoms with Crippen LogP contribution in [0.15, 0.2) is 36.4 Å². The second-order valence-corrected chi connectivity index (χ2v) is 11.1. The lowest BCUT2D eigenvalue weighted by molar-refractivity contribution is 0.0873. The predicted molar refractivity (Wildman–Crippen MR) is 136 cm³/mol. The number of aromatic amines is 1. The van der Waals surface area contributed by atoms with Gasteiger partial charge in [-0.15, -0.1) is 0 Å². The molecule has 0 atom stereocenters. The van der Waals surface area contributed by atoms with Crippen molar-refractivity contribution >= 4 is 40.0 Å². The minimum Gasteiger partial charge on any atom is -0.380 e. The molecular formula is C26H31Cl2N3O2. The van der Waals surface area contributed by atoms with Gasteiger partial charge in [-0.1, -0.05) is 29.3 Å². The van der Waals surface area contributed by atoms with Crippen molar-refractivity contribution in [1.29, 1.82) is 0 Å². The fourth-order valence-electron chi connectivity index (χ4n) is 5.24. The van der Waals surface area contributed by atoms with Crippen LogP contribution >= 0.6 is 23.2 Å². The molecule has 0 bridgehead atoms. The Morgan fingerprint density at radius 3 is 2.39 bits per heavy atom. The first-order valence-corrected chi connectivity index (χ1v) is 11.9. The molecule has 176 valence electrons. The van der Waals surface area contributed by atoms with Crippen molar-refractivity contribution in [2.24, 2.45) is 0 Å². The summed E-state index contributed by atoms with van der Waals surface area (Å²) in [5.74, 6) is -0.0624. The summed E-state index contributed by atoms with van der Waals surface area (Å²) >= 11 is 12.4. The third kappa shape index (κ3) is 5.38. The molecule has 0 spiro atoms. The van der Waals surface area contributed by atoms with Crippen LogP contribution in [0.2, 0.25) is 10.0 Å². The molecule has 0 radical (unpaired) electrons. The van der Waals surface area contributed by atoms with Gasteiger partial charge in [0.2, 0.25) is 0 Å². The first-order valence-electron chi connectivity index (χ1n) is 11.2. The zero-order valence-corrected chi connectivity index (χ0v) is 21.2. The van der Waals surface area contributed by atoms with E-state index in [0.29, 0.717) is 22.2 Å². The minimum absolute atomic E-state index is 0.0355. The van der Waals surface area contributed by atoms with Crippen LogP contribution in [0.3, 0.4) is 0 Å². The largest absolute Gasteiger partial charge is 0.380 e. The van der Waals surface area contributed by atoms with Gasteiger partial charge < -0.3 is 20.4 Å². The van der Waals surface area contributed by atoms with E-state index in [0.717, 1.165) is 40.6 Å². The van der Waals surface area contributed by atoms with Crippen LogP contribution in [0, 0.1) is 0 Å². The average molecular weight is 488 g/mol. The van der Waals surface area contributed by atoms with Crippen molar-refractivity contribution in [3.05, 3.63) is 57.6 Å². The first kappa shape index (κ1) is 24.1. The highest BCUT2D eigenvalue weighted by Crippen LogP contribution is 2.33. The molecule has 1 saturated heterocycles. The van der Waals surface area contributed by atoms with Gasteiger partial charge in [0.15, 0.2) is 0 Å². The van der Waals surface area contributed by atoms with Gasteiger partial charge in [0.25, 0.3) is 5.91 Å². The highest BCUT2D eigenvalue weighted by molar-refractivity contribution is 6.42. The van der Waals surface area contributed by atoms with Gasteiger partial charge in [0, 0.05) is 52.0 Å². The second kappa shape index (κ2) is 8.95. The molecule has 3 aromatic rings. The summed E-state index contributed by atoms with van der Waals surface area (Å²) in [7, 11) is 1.65. The number of aromatic nitrogens is 1. The number of methoxy groups -OCH3 is 1. The number of H-pyrrole nitrogens is 1. The van der Waals surface area contributed by atoms with E-state index in [4.69, 9.17) is 27.9 Å². The van der Waals surface area contributed by atoms with Crippen LogP contribution in [0.1, 0.15) is 56.5 Å². The topological polar surface area (TPSA) is 66.2 Å².